The number of rotatable bonds is 2. The summed E-state index contributed by atoms with van der Waals surface area (Å²) in [6.45, 7) is 3.32. The fraction of sp³-hybridized carbons (Fsp3) is 0.500. The van der Waals surface area contributed by atoms with Gasteiger partial charge in [0.25, 0.3) is 0 Å². The summed E-state index contributed by atoms with van der Waals surface area (Å²) in [5.41, 5.74) is 0. The van der Waals surface area contributed by atoms with Crippen molar-refractivity contribution in [2.45, 2.75) is 6.42 Å². The highest BCUT2D eigenvalue weighted by molar-refractivity contribution is 5.71. The number of ether oxygens (including phenoxy) is 2. The van der Waals surface area contributed by atoms with Gasteiger partial charge in [0.05, 0.1) is 7.11 Å². The predicted molar refractivity (Wildman–Crippen MR) is 72.7 cm³/mol. The van der Waals surface area contributed by atoms with Gasteiger partial charge in [-0.1, -0.05) is 12.1 Å². The van der Waals surface area contributed by atoms with Crippen LogP contribution in [-0.2, 0) is 0 Å². The smallest absolute Gasteiger partial charge is 0.415 e. The second-order valence-electron chi connectivity index (χ2n) is 4.66. The van der Waals surface area contributed by atoms with Gasteiger partial charge in [-0.2, -0.15) is 0 Å². The van der Waals surface area contributed by atoms with Crippen LogP contribution in [0.1, 0.15) is 6.42 Å². The Morgan fingerprint density at radius 2 is 1.84 bits per heavy atom. The van der Waals surface area contributed by atoms with Crippen LogP contribution in [0.2, 0.25) is 0 Å². The summed E-state index contributed by atoms with van der Waals surface area (Å²) in [7, 11) is 3.63. The average Bonchev–Trinajstić information content (AvgIpc) is 2.64. The first-order valence-corrected chi connectivity index (χ1v) is 6.49. The van der Waals surface area contributed by atoms with Gasteiger partial charge in [-0.15, -0.1) is 0 Å². The number of hydrogen-bond donors (Lipinski definition) is 0. The topological polar surface area (TPSA) is 42.0 Å². The molecule has 0 atom stereocenters. The summed E-state index contributed by atoms with van der Waals surface area (Å²) in [4.78, 5) is 16.1. The number of hydrogen-bond acceptors (Lipinski definition) is 4. The summed E-state index contributed by atoms with van der Waals surface area (Å²) >= 11 is 0. The van der Waals surface area contributed by atoms with Crippen molar-refractivity contribution in [1.82, 2.24) is 9.80 Å². The molecule has 1 amide bonds. The Labute approximate surface area is 113 Å². The van der Waals surface area contributed by atoms with Crippen LogP contribution in [-0.4, -0.2) is 56.2 Å². The fourth-order valence-electron chi connectivity index (χ4n) is 2.09. The molecule has 1 fully saturated rings. The lowest BCUT2D eigenvalue weighted by molar-refractivity contribution is 0.152. The summed E-state index contributed by atoms with van der Waals surface area (Å²) in [5, 5.41) is 0. The third-order valence-electron chi connectivity index (χ3n) is 3.24. The van der Waals surface area contributed by atoms with Gasteiger partial charge in [0.2, 0.25) is 0 Å². The summed E-state index contributed by atoms with van der Waals surface area (Å²) < 4.78 is 10.6. The number of amides is 1. The zero-order chi connectivity index (χ0) is 13.7. The molecular formula is C14H20N2O3. The normalized spacial score (nSPS) is 16.8. The van der Waals surface area contributed by atoms with E-state index in [0.717, 1.165) is 26.1 Å². The summed E-state index contributed by atoms with van der Waals surface area (Å²) in [6, 6.07) is 7.18. The summed E-state index contributed by atoms with van der Waals surface area (Å²) in [5.74, 6) is 1.04. The van der Waals surface area contributed by atoms with E-state index in [1.165, 1.54) is 0 Å². The molecule has 1 aromatic carbocycles. The van der Waals surface area contributed by atoms with Gasteiger partial charge in [0.1, 0.15) is 0 Å². The van der Waals surface area contributed by atoms with Crippen LogP contribution in [0, 0.1) is 0 Å². The maximum absolute atomic E-state index is 12.1. The maximum Gasteiger partial charge on any atom is 0.415 e. The van der Waals surface area contributed by atoms with Crippen LogP contribution < -0.4 is 9.47 Å². The van der Waals surface area contributed by atoms with Crippen LogP contribution >= 0.6 is 0 Å². The molecule has 1 aliphatic heterocycles. The Balaban J connectivity index is 2.00. The highest BCUT2D eigenvalue weighted by Crippen LogP contribution is 2.26. The molecule has 1 heterocycles. The van der Waals surface area contributed by atoms with E-state index in [2.05, 4.69) is 11.9 Å². The minimum atomic E-state index is -0.306. The Kier molecular flexibility index (Phi) is 4.63. The first-order valence-electron chi connectivity index (χ1n) is 6.49. The zero-order valence-electron chi connectivity index (χ0n) is 11.5. The van der Waals surface area contributed by atoms with Gasteiger partial charge in [-0.05, 0) is 32.1 Å². The fourth-order valence-corrected chi connectivity index (χ4v) is 2.09. The standard InChI is InChI=1S/C14H20N2O3/c1-15-8-5-9-16(11-10-15)14(17)19-13-7-4-3-6-12(13)18-2/h3-4,6-7H,5,8-11H2,1-2H3. The number of para-hydroxylation sites is 2. The molecule has 0 aliphatic carbocycles. The van der Waals surface area contributed by atoms with Crippen LogP contribution in [0.15, 0.2) is 24.3 Å². The van der Waals surface area contributed by atoms with Gasteiger partial charge < -0.3 is 19.3 Å². The Hall–Kier alpha value is -1.75. The molecule has 0 N–H and O–H groups in total. The number of benzene rings is 1. The van der Waals surface area contributed by atoms with Crippen molar-refractivity contribution in [2.24, 2.45) is 0 Å². The van der Waals surface area contributed by atoms with Gasteiger partial charge in [0.15, 0.2) is 11.5 Å². The van der Waals surface area contributed by atoms with Crippen molar-refractivity contribution in [1.29, 1.82) is 0 Å². The predicted octanol–water partition coefficient (Wildman–Crippen LogP) is 1.83. The highest BCUT2D eigenvalue weighted by Gasteiger charge is 2.20. The van der Waals surface area contributed by atoms with Crippen molar-refractivity contribution >= 4 is 6.09 Å². The lowest BCUT2D eigenvalue weighted by Crippen LogP contribution is -2.36. The van der Waals surface area contributed by atoms with E-state index in [9.17, 15) is 4.79 Å². The number of carbonyl (C=O) groups excluding carboxylic acids is 1. The van der Waals surface area contributed by atoms with Crippen molar-refractivity contribution in [2.75, 3.05) is 40.3 Å². The minimum absolute atomic E-state index is 0.306. The van der Waals surface area contributed by atoms with Gasteiger partial charge in [0, 0.05) is 19.6 Å². The van der Waals surface area contributed by atoms with Crippen molar-refractivity contribution in [3.63, 3.8) is 0 Å². The van der Waals surface area contributed by atoms with Gasteiger partial charge in [-0.3, -0.25) is 0 Å². The Bertz CT molecular complexity index is 436. The van der Waals surface area contributed by atoms with E-state index in [4.69, 9.17) is 9.47 Å². The summed E-state index contributed by atoms with van der Waals surface area (Å²) in [6.07, 6.45) is 0.664. The molecule has 1 aliphatic rings. The average molecular weight is 264 g/mol. The molecule has 2 rings (SSSR count). The molecule has 19 heavy (non-hydrogen) atoms. The third kappa shape index (κ3) is 3.61. The molecule has 0 unspecified atom stereocenters. The van der Waals surface area contributed by atoms with Gasteiger partial charge in [-0.25, -0.2) is 4.79 Å². The zero-order valence-corrected chi connectivity index (χ0v) is 11.5. The quantitative estimate of drug-likeness (QED) is 0.817. The molecule has 1 aromatic rings. The molecule has 0 aromatic heterocycles. The molecule has 0 spiro atoms. The molecule has 0 saturated carbocycles. The minimum Gasteiger partial charge on any atom is -0.493 e. The van der Waals surface area contributed by atoms with E-state index < -0.39 is 0 Å². The number of carbonyl (C=O) groups is 1. The van der Waals surface area contributed by atoms with E-state index in [1.807, 2.05) is 12.1 Å². The molecular weight excluding hydrogens is 244 g/mol. The lowest BCUT2D eigenvalue weighted by Gasteiger charge is -2.20. The molecule has 0 bridgehead atoms. The highest BCUT2D eigenvalue weighted by atomic mass is 16.6. The number of nitrogens with zero attached hydrogens (tertiary/aromatic N) is 2. The lowest BCUT2D eigenvalue weighted by atomic mass is 10.3. The van der Waals surface area contributed by atoms with E-state index in [-0.39, 0.29) is 6.09 Å². The Morgan fingerprint density at radius 1 is 1.11 bits per heavy atom. The maximum atomic E-state index is 12.1. The van der Waals surface area contributed by atoms with Gasteiger partial charge >= 0.3 is 6.09 Å². The van der Waals surface area contributed by atoms with Crippen molar-refractivity contribution in [3.05, 3.63) is 24.3 Å². The monoisotopic (exact) mass is 264 g/mol. The number of likely N-dealkylation sites (N-methyl/N-ethyl adjacent to an activating group) is 1. The van der Waals surface area contributed by atoms with E-state index in [1.54, 1.807) is 24.1 Å². The van der Waals surface area contributed by atoms with Crippen molar-refractivity contribution in [3.8, 4) is 11.5 Å². The van der Waals surface area contributed by atoms with Crippen LogP contribution in [0.25, 0.3) is 0 Å². The van der Waals surface area contributed by atoms with Crippen LogP contribution in [0.3, 0.4) is 0 Å². The second-order valence-corrected chi connectivity index (χ2v) is 4.66. The SMILES string of the molecule is COc1ccccc1OC(=O)N1CCCN(C)CC1. The van der Waals surface area contributed by atoms with E-state index >= 15 is 0 Å². The van der Waals surface area contributed by atoms with E-state index in [0.29, 0.717) is 18.0 Å². The van der Waals surface area contributed by atoms with Crippen LogP contribution in [0.5, 0.6) is 11.5 Å². The van der Waals surface area contributed by atoms with Crippen molar-refractivity contribution < 1.29 is 14.3 Å². The molecule has 5 nitrogen and oxygen atoms in total. The first-order chi connectivity index (χ1) is 9.20. The first kappa shape index (κ1) is 13.7. The largest absolute Gasteiger partial charge is 0.493 e. The number of methoxy groups -OCH3 is 1. The molecule has 0 radical (unpaired) electrons. The third-order valence-corrected chi connectivity index (χ3v) is 3.24. The molecule has 104 valence electrons. The molecule has 5 heteroatoms. The Morgan fingerprint density at radius 3 is 2.58 bits per heavy atom. The van der Waals surface area contributed by atoms with Crippen LogP contribution in [0.4, 0.5) is 4.79 Å². The second kappa shape index (κ2) is 6.43. The molecule has 1 saturated heterocycles.